The largest absolute Gasteiger partial charge is 1.00 e. The van der Waals surface area contributed by atoms with Gasteiger partial charge in [0, 0.05) is 6.08 Å². The van der Waals surface area contributed by atoms with E-state index in [0.29, 0.717) is 0 Å². The molecule has 15 heavy (non-hydrogen) atoms. The number of alkyl halides is 6. The molecule has 0 bridgehead atoms. The zero-order valence-corrected chi connectivity index (χ0v) is 7.94. The summed E-state index contributed by atoms with van der Waals surface area (Å²) in [6.07, 6.45) is -11.7. The molecule has 2 nitrogen and oxygen atoms in total. The summed E-state index contributed by atoms with van der Waals surface area (Å²) < 4.78 is 68.1. The summed E-state index contributed by atoms with van der Waals surface area (Å²) >= 11 is 0. The fourth-order valence-corrected chi connectivity index (χ4v) is 0.288. The van der Waals surface area contributed by atoms with E-state index in [-0.39, 0.29) is 24.5 Å². The van der Waals surface area contributed by atoms with Crippen LogP contribution < -0.4 is 0 Å². The minimum absolute atomic E-state index is 0. The van der Waals surface area contributed by atoms with Gasteiger partial charge < -0.3 is 12.5 Å². The summed E-state index contributed by atoms with van der Waals surface area (Å²) in [6, 6.07) is 0. The van der Waals surface area contributed by atoms with Gasteiger partial charge in [0.1, 0.15) is 0 Å². The van der Waals surface area contributed by atoms with Crippen molar-refractivity contribution in [2.75, 3.05) is 0 Å². The minimum Gasteiger partial charge on any atom is -0.504 e. The average molecular weight is 287 g/mol. The first kappa shape index (κ1) is 19.8. The van der Waals surface area contributed by atoms with Crippen LogP contribution in [0.5, 0.6) is 0 Å². The summed E-state index contributed by atoms with van der Waals surface area (Å²) in [5, 5.41) is 7.93. The molecule has 0 atom stereocenters. The average Bonchev–Trinajstić information content (AvgIpc) is 1.82. The van der Waals surface area contributed by atoms with E-state index in [9.17, 15) is 31.1 Å². The zero-order valence-electron chi connectivity index (χ0n) is 7.00. The van der Waals surface area contributed by atoms with Crippen LogP contribution in [0, 0.1) is 7.43 Å². The number of hydrogen-bond donors (Lipinski definition) is 1. The molecule has 94 valence electrons. The second-order valence-electron chi connectivity index (χ2n) is 1.89. The van der Waals surface area contributed by atoms with Crippen molar-refractivity contribution in [3.8, 4) is 0 Å². The Morgan fingerprint density at radius 2 is 1.33 bits per heavy atom. The number of carbonyl (C=O) groups excluding carboxylic acids is 1. The molecule has 0 aromatic heterocycles. The predicted molar refractivity (Wildman–Crippen MR) is 34.2 cm³/mol. The molecule has 0 aliphatic heterocycles. The van der Waals surface area contributed by atoms with Crippen molar-refractivity contribution in [1.82, 2.24) is 0 Å². The van der Waals surface area contributed by atoms with Gasteiger partial charge in [-0.05, 0) is 0 Å². The number of hydrogen-bond acceptors (Lipinski definition) is 2. The van der Waals surface area contributed by atoms with E-state index in [4.69, 9.17) is 5.11 Å². The van der Waals surface area contributed by atoms with Gasteiger partial charge in [0.05, 0.1) is 0 Å². The zero-order chi connectivity index (χ0) is 10.9. The first-order valence-electron chi connectivity index (χ1n) is 2.64. The Labute approximate surface area is 91.4 Å². The molecule has 0 saturated heterocycles. The maximum absolute atomic E-state index is 11.4. The third kappa shape index (κ3) is 7.26. The molecule has 0 saturated carbocycles. The van der Waals surface area contributed by atoms with Gasteiger partial charge >= 0.3 is 29.4 Å². The van der Waals surface area contributed by atoms with Crippen molar-refractivity contribution < 1.29 is 53.3 Å². The number of aliphatic hydroxyl groups excluding tert-OH is 1. The third-order valence-corrected chi connectivity index (χ3v) is 0.838. The first-order valence-corrected chi connectivity index (χ1v) is 2.64. The van der Waals surface area contributed by atoms with Gasteiger partial charge in [0.2, 0.25) is 5.76 Å². The number of carbonyl (C=O) groups is 1. The monoisotopic (exact) mass is 286 g/mol. The third-order valence-electron chi connectivity index (χ3n) is 0.838. The maximum atomic E-state index is 11.4. The molecule has 0 aliphatic rings. The molecule has 0 radical (unpaired) electrons. The number of aliphatic hydroxyl groups is 1. The molecular formula is C6H5CuF6O2. The second-order valence-corrected chi connectivity index (χ2v) is 1.89. The van der Waals surface area contributed by atoms with Gasteiger partial charge in [-0.25, -0.2) is 0 Å². The predicted octanol–water partition coefficient (Wildman–Crippen LogP) is 2.57. The summed E-state index contributed by atoms with van der Waals surface area (Å²) in [7, 11) is 0. The molecule has 1 N–H and O–H groups in total. The van der Waals surface area contributed by atoms with Crippen LogP contribution in [0.2, 0.25) is 0 Å². The molecule has 0 unspecified atom stereocenters. The van der Waals surface area contributed by atoms with E-state index in [0.717, 1.165) is 0 Å². The smallest absolute Gasteiger partial charge is 0.504 e. The van der Waals surface area contributed by atoms with Gasteiger partial charge in [-0.1, -0.05) is 0 Å². The van der Waals surface area contributed by atoms with E-state index < -0.39 is 30.0 Å². The summed E-state index contributed by atoms with van der Waals surface area (Å²) in [4.78, 5) is 9.86. The van der Waals surface area contributed by atoms with Crippen LogP contribution in [-0.4, -0.2) is 23.2 Å². The van der Waals surface area contributed by atoms with Gasteiger partial charge in [-0.3, -0.25) is 4.79 Å². The Kier molecular flexibility index (Phi) is 7.95. The van der Waals surface area contributed by atoms with E-state index in [1.165, 1.54) is 0 Å². The van der Waals surface area contributed by atoms with Crippen molar-refractivity contribution in [2.45, 2.75) is 12.4 Å². The van der Waals surface area contributed by atoms with E-state index in [1.54, 1.807) is 0 Å². The van der Waals surface area contributed by atoms with E-state index in [2.05, 4.69) is 0 Å². The first-order chi connectivity index (χ1) is 5.55. The van der Waals surface area contributed by atoms with Crippen molar-refractivity contribution >= 4 is 5.78 Å². The molecule has 9 heteroatoms. The van der Waals surface area contributed by atoms with Gasteiger partial charge in [0.15, 0.2) is 0 Å². The van der Waals surface area contributed by atoms with Gasteiger partial charge in [0.25, 0.3) is 5.78 Å². The molecule has 0 aromatic carbocycles. The van der Waals surface area contributed by atoms with Crippen molar-refractivity contribution in [1.29, 1.82) is 0 Å². The number of rotatable bonds is 1. The van der Waals surface area contributed by atoms with Crippen LogP contribution >= 0.6 is 0 Å². The summed E-state index contributed by atoms with van der Waals surface area (Å²) in [5.41, 5.74) is 0. The van der Waals surface area contributed by atoms with E-state index >= 15 is 0 Å². The number of allylic oxidation sites excluding steroid dienone is 2. The standard InChI is InChI=1S/C5H2F6O2.CH3.Cu/c6-4(7,8)2(12)1-3(13)5(9,10)11;;/h1,12H;1H3;/q;-1;+1/b2-1-;;. The number of ketones is 1. The number of halogens is 6. The Morgan fingerprint density at radius 3 is 1.53 bits per heavy atom. The fraction of sp³-hybridized carbons (Fsp3) is 0.333. The molecule has 0 amide bonds. The van der Waals surface area contributed by atoms with Crippen LogP contribution in [0.25, 0.3) is 0 Å². The van der Waals surface area contributed by atoms with Crippen molar-refractivity contribution in [3.05, 3.63) is 19.3 Å². The molecule has 0 heterocycles. The molecule has 0 aliphatic carbocycles. The maximum Gasteiger partial charge on any atom is 1.00 e. The molecule has 0 fully saturated rings. The Hall–Kier alpha value is -0.691. The van der Waals surface area contributed by atoms with Crippen molar-refractivity contribution in [2.24, 2.45) is 0 Å². The van der Waals surface area contributed by atoms with Crippen LogP contribution in [0.1, 0.15) is 0 Å². The van der Waals surface area contributed by atoms with Gasteiger partial charge in [-0.15, -0.1) is 0 Å². The normalized spacial score (nSPS) is 12.5. The summed E-state index contributed by atoms with van der Waals surface area (Å²) in [6.45, 7) is 0. The minimum atomic E-state index is -5.42. The SMILES string of the molecule is O=C(/C=C(\O)C(F)(F)F)C(F)(F)F.[CH3-].[Cu+]. The van der Waals surface area contributed by atoms with Crippen molar-refractivity contribution in [3.63, 3.8) is 0 Å². The molecular weight excluding hydrogens is 282 g/mol. The van der Waals surface area contributed by atoms with Crippen LogP contribution in [0.15, 0.2) is 11.8 Å². The van der Waals surface area contributed by atoms with Crippen LogP contribution in [-0.2, 0) is 21.9 Å². The van der Waals surface area contributed by atoms with E-state index in [1.807, 2.05) is 0 Å². The summed E-state index contributed by atoms with van der Waals surface area (Å²) in [5.74, 6) is -5.34. The topological polar surface area (TPSA) is 37.3 Å². The Balaban J connectivity index is -0.000000720. The Bertz CT molecular complexity index is 241. The fourth-order valence-electron chi connectivity index (χ4n) is 0.288. The van der Waals surface area contributed by atoms with Crippen LogP contribution in [0.3, 0.4) is 0 Å². The quantitative estimate of drug-likeness (QED) is 0.264. The van der Waals surface area contributed by atoms with Crippen LogP contribution in [0.4, 0.5) is 26.3 Å². The Morgan fingerprint density at radius 1 is 1.00 bits per heavy atom. The molecule has 0 spiro atoms. The second kappa shape index (κ2) is 6.02. The molecule has 0 aromatic rings. The van der Waals surface area contributed by atoms with Gasteiger partial charge in [-0.2, -0.15) is 26.3 Å². The molecule has 0 rings (SSSR count).